The number of fused-ring (bicyclic) bond motifs is 1. The lowest BCUT2D eigenvalue weighted by atomic mass is 10.2. The lowest BCUT2D eigenvalue weighted by molar-refractivity contribution is 0.415. The average Bonchev–Trinajstić information content (AvgIpc) is 2.75. The Morgan fingerprint density at radius 1 is 1.21 bits per heavy atom. The third kappa shape index (κ3) is 2.06. The minimum absolute atomic E-state index is 0.512. The quantitative estimate of drug-likeness (QED) is 0.706. The van der Waals surface area contributed by atoms with Crippen molar-refractivity contribution in [1.29, 1.82) is 0 Å². The lowest BCUT2D eigenvalue weighted by Crippen LogP contribution is -1.91. The molecule has 0 saturated heterocycles. The molecule has 4 heteroatoms. The molecule has 0 amide bonds. The molecular formula is C15H13ClN2O. The van der Waals surface area contributed by atoms with Gasteiger partial charge >= 0.3 is 0 Å². The number of nitrogens with zero attached hydrogens (tertiary/aromatic N) is 2. The van der Waals surface area contributed by atoms with Crippen LogP contribution in [0.1, 0.15) is 5.56 Å². The highest BCUT2D eigenvalue weighted by Gasteiger charge is 2.11. The van der Waals surface area contributed by atoms with E-state index >= 15 is 0 Å². The minimum Gasteiger partial charge on any atom is -0.497 e. The molecule has 3 rings (SSSR count). The molecule has 2 aromatic heterocycles. The van der Waals surface area contributed by atoms with E-state index in [0.717, 1.165) is 28.2 Å². The van der Waals surface area contributed by atoms with E-state index in [2.05, 4.69) is 4.98 Å². The molecule has 0 atom stereocenters. The van der Waals surface area contributed by atoms with Crippen LogP contribution >= 0.6 is 11.6 Å². The molecule has 2 heterocycles. The molecule has 0 radical (unpaired) electrons. The van der Waals surface area contributed by atoms with Crippen LogP contribution in [0.4, 0.5) is 0 Å². The summed E-state index contributed by atoms with van der Waals surface area (Å²) in [7, 11) is 1.65. The van der Waals surface area contributed by atoms with Crippen molar-refractivity contribution in [2.24, 2.45) is 0 Å². The molecule has 0 fully saturated rings. The van der Waals surface area contributed by atoms with Crippen molar-refractivity contribution in [3.63, 3.8) is 0 Å². The predicted molar refractivity (Wildman–Crippen MR) is 76.9 cm³/mol. The van der Waals surface area contributed by atoms with Gasteiger partial charge in [0.25, 0.3) is 0 Å². The maximum atomic E-state index is 6.19. The van der Waals surface area contributed by atoms with Crippen molar-refractivity contribution in [2.75, 3.05) is 7.11 Å². The minimum atomic E-state index is 0.512. The van der Waals surface area contributed by atoms with Crippen LogP contribution in [0.25, 0.3) is 16.9 Å². The second kappa shape index (κ2) is 4.59. The van der Waals surface area contributed by atoms with Gasteiger partial charge in [-0.1, -0.05) is 29.8 Å². The summed E-state index contributed by atoms with van der Waals surface area (Å²) in [6, 6.07) is 11.8. The average molecular weight is 273 g/mol. The topological polar surface area (TPSA) is 26.5 Å². The van der Waals surface area contributed by atoms with Crippen LogP contribution in [-0.2, 0) is 0 Å². The molecule has 19 heavy (non-hydrogen) atoms. The van der Waals surface area contributed by atoms with Gasteiger partial charge in [0.05, 0.1) is 12.6 Å². The Hall–Kier alpha value is -2.00. The van der Waals surface area contributed by atoms with Crippen molar-refractivity contribution in [2.45, 2.75) is 6.92 Å². The van der Waals surface area contributed by atoms with Gasteiger partial charge < -0.3 is 4.74 Å². The zero-order valence-corrected chi connectivity index (χ0v) is 11.5. The molecule has 1 aromatic carbocycles. The monoisotopic (exact) mass is 272 g/mol. The fourth-order valence-corrected chi connectivity index (χ4v) is 2.35. The number of rotatable bonds is 2. The highest BCUT2D eigenvalue weighted by Crippen LogP contribution is 2.28. The molecule has 0 aliphatic heterocycles. The SMILES string of the molecule is COc1cccc(-c2nc(Cl)c3ccc(C)cn23)c1. The molecule has 0 spiro atoms. The van der Waals surface area contributed by atoms with Crippen LogP contribution in [0.2, 0.25) is 5.15 Å². The standard InChI is InChI=1S/C15H13ClN2O/c1-10-6-7-13-14(16)17-15(18(13)9-10)11-4-3-5-12(8-11)19-2/h3-9H,1-2H3. The molecular weight excluding hydrogens is 260 g/mol. The summed E-state index contributed by atoms with van der Waals surface area (Å²) in [6.45, 7) is 2.04. The van der Waals surface area contributed by atoms with Crippen LogP contribution in [0.3, 0.4) is 0 Å². The molecule has 96 valence electrons. The summed E-state index contributed by atoms with van der Waals surface area (Å²) in [5.41, 5.74) is 3.04. The van der Waals surface area contributed by atoms with E-state index in [-0.39, 0.29) is 0 Å². The van der Waals surface area contributed by atoms with Gasteiger partial charge in [0.2, 0.25) is 0 Å². The van der Waals surface area contributed by atoms with Crippen molar-refractivity contribution in [3.8, 4) is 17.1 Å². The zero-order chi connectivity index (χ0) is 13.4. The summed E-state index contributed by atoms with van der Waals surface area (Å²) < 4.78 is 7.26. The molecule has 0 N–H and O–H groups in total. The molecule has 0 aliphatic carbocycles. The number of halogens is 1. The van der Waals surface area contributed by atoms with E-state index in [1.807, 2.05) is 53.9 Å². The van der Waals surface area contributed by atoms with Gasteiger partial charge in [0, 0.05) is 11.8 Å². The van der Waals surface area contributed by atoms with E-state index in [9.17, 15) is 0 Å². The normalized spacial score (nSPS) is 10.9. The predicted octanol–water partition coefficient (Wildman–Crippen LogP) is 3.97. The number of aromatic nitrogens is 2. The zero-order valence-electron chi connectivity index (χ0n) is 10.7. The van der Waals surface area contributed by atoms with Crippen LogP contribution in [-0.4, -0.2) is 16.5 Å². The van der Waals surface area contributed by atoms with Crippen molar-refractivity contribution in [1.82, 2.24) is 9.38 Å². The molecule has 0 saturated carbocycles. The Balaban J connectivity index is 2.26. The lowest BCUT2D eigenvalue weighted by Gasteiger charge is -2.04. The second-order valence-corrected chi connectivity index (χ2v) is 4.78. The van der Waals surface area contributed by atoms with Crippen LogP contribution in [0.15, 0.2) is 42.6 Å². The number of aryl methyl sites for hydroxylation is 1. The van der Waals surface area contributed by atoms with Crippen LogP contribution < -0.4 is 4.74 Å². The fraction of sp³-hybridized carbons (Fsp3) is 0.133. The van der Waals surface area contributed by atoms with E-state index in [1.54, 1.807) is 7.11 Å². The summed E-state index contributed by atoms with van der Waals surface area (Å²) in [4.78, 5) is 4.45. The number of pyridine rings is 1. The maximum Gasteiger partial charge on any atom is 0.155 e. The number of benzene rings is 1. The van der Waals surface area contributed by atoms with Crippen molar-refractivity contribution >= 4 is 17.1 Å². The highest BCUT2D eigenvalue weighted by molar-refractivity contribution is 6.32. The van der Waals surface area contributed by atoms with E-state index in [1.165, 1.54) is 0 Å². The first-order valence-corrected chi connectivity index (χ1v) is 6.35. The van der Waals surface area contributed by atoms with Gasteiger partial charge in [-0.3, -0.25) is 4.40 Å². The van der Waals surface area contributed by atoms with E-state index in [4.69, 9.17) is 16.3 Å². The number of hydrogen-bond acceptors (Lipinski definition) is 2. The van der Waals surface area contributed by atoms with Gasteiger partial charge in [0.15, 0.2) is 5.15 Å². The third-order valence-electron chi connectivity index (χ3n) is 3.07. The number of imidazole rings is 1. The van der Waals surface area contributed by atoms with Crippen molar-refractivity contribution < 1.29 is 4.74 Å². The Morgan fingerprint density at radius 2 is 2.05 bits per heavy atom. The second-order valence-electron chi connectivity index (χ2n) is 4.42. The van der Waals surface area contributed by atoms with Gasteiger partial charge in [0.1, 0.15) is 11.6 Å². The largest absolute Gasteiger partial charge is 0.497 e. The number of methoxy groups -OCH3 is 1. The Bertz CT molecular complexity index is 749. The highest BCUT2D eigenvalue weighted by atomic mass is 35.5. The third-order valence-corrected chi connectivity index (χ3v) is 3.35. The van der Waals surface area contributed by atoms with Crippen LogP contribution in [0, 0.1) is 6.92 Å². The van der Waals surface area contributed by atoms with E-state index < -0.39 is 0 Å². The number of hydrogen-bond donors (Lipinski definition) is 0. The Morgan fingerprint density at radius 3 is 2.84 bits per heavy atom. The summed E-state index contributed by atoms with van der Waals surface area (Å²) >= 11 is 6.19. The Labute approximate surface area is 116 Å². The summed E-state index contributed by atoms with van der Waals surface area (Å²) in [5.74, 6) is 1.63. The smallest absolute Gasteiger partial charge is 0.155 e. The van der Waals surface area contributed by atoms with Gasteiger partial charge in [-0.05, 0) is 30.7 Å². The van der Waals surface area contributed by atoms with Gasteiger partial charge in [-0.2, -0.15) is 0 Å². The van der Waals surface area contributed by atoms with Gasteiger partial charge in [-0.15, -0.1) is 0 Å². The van der Waals surface area contributed by atoms with Crippen molar-refractivity contribution in [3.05, 3.63) is 53.3 Å². The first-order valence-electron chi connectivity index (χ1n) is 5.97. The molecule has 0 unspecified atom stereocenters. The first kappa shape index (κ1) is 12.1. The Kier molecular flexibility index (Phi) is 2.91. The van der Waals surface area contributed by atoms with Gasteiger partial charge in [-0.25, -0.2) is 4.98 Å². The molecule has 3 aromatic rings. The van der Waals surface area contributed by atoms with Crippen LogP contribution in [0.5, 0.6) is 5.75 Å². The van der Waals surface area contributed by atoms with E-state index in [0.29, 0.717) is 5.15 Å². The number of ether oxygens (including phenoxy) is 1. The summed E-state index contributed by atoms with van der Waals surface area (Å²) in [5, 5.41) is 0.512. The molecule has 0 bridgehead atoms. The fourth-order valence-electron chi connectivity index (χ4n) is 2.12. The first-order chi connectivity index (χ1) is 9.19. The molecule has 0 aliphatic rings. The maximum absolute atomic E-state index is 6.19. The summed E-state index contributed by atoms with van der Waals surface area (Å²) in [6.07, 6.45) is 2.03. The molecule has 3 nitrogen and oxygen atoms in total.